The molecule has 1 amide bonds. The Hall–Kier alpha value is -3.28. The summed E-state index contributed by atoms with van der Waals surface area (Å²) >= 11 is 0. The molecule has 0 radical (unpaired) electrons. The first-order valence-corrected chi connectivity index (χ1v) is 10.2. The number of aryl methyl sites for hydroxylation is 2. The van der Waals surface area contributed by atoms with E-state index in [-0.39, 0.29) is 5.91 Å². The Morgan fingerprint density at radius 1 is 0.967 bits per heavy atom. The molecule has 5 nitrogen and oxygen atoms in total. The topological polar surface area (TPSA) is 49.3 Å². The molecule has 1 aromatic heterocycles. The van der Waals surface area contributed by atoms with Crippen LogP contribution in [-0.4, -0.2) is 47.0 Å². The van der Waals surface area contributed by atoms with Crippen LogP contribution >= 0.6 is 0 Å². The molecule has 1 aliphatic rings. The van der Waals surface area contributed by atoms with Crippen molar-refractivity contribution in [2.45, 2.75) is 20.3 Å². The third-order valence-corrected chi connectivity index (χ3v) is 5.47. The molecule has 30 heavy (non-hydrogen) atoms. The second kappa shape index (κ2) is 8.61. The van der Waals surface area contributed by atoms with Gasteiger partial charge in [0, 0.05) is 49.4 Å². The third-order valence-electron chi connectivity index (χ3n) is 5.47. The molecule has 1 saturated heterocycles. The van der Waals surface area contributed by atoms with Crippen molar-refractivity contribution in [3.63, 3.8) is 0 Å². The molecule has 2 heterocycles. The van der Waals surface area contributed by atoms with Crippen molar-refractivity contribution < 1.29 is 9.18 Å². The monoisotopic (exact) mass is 404 g/mol. The van der Waals surface area contributed by atoms with E-state index in [4.69, 9.17) is 4.98 Å². The van der Waals surface area contributed by atoms with E-state index in [0.717, 1.165) is 29.3 Å². The first-order valence-electron chi connectivity index (χ1n) is 10.2. The number of benzene rings is 2. The molecule has 1 fully saturated rings. The van der Waals surface area contributed by atoms with Crippen LogP contribution in [0.15, 0.2) is 54.6 Å². The summed E-state index contributed by atoms with van der Waals surface area (Å²) in [5.74, 6) is 1.17. The molecular weight excluding hydrogens is 379 g/mol. The quantitative estimate of drug-likeness (QED) is 0.664. The standard InChI is InChI=1S/C24H25FN4O/c1-17-22(15-19-7-4-3-5-8-19)23(27-18(2)26-17)28-11-13-29(14-12-28)24(30)20-9-6-10-21(25)16-20/h3-10,16H,11-15H2,1-2H3. The van der Waals surface area contributed by atoms with Gasteiger partial charge in [-0.2, -0.15) is 0 Å². The lowest BCUT2D eigenvalue weighted by molar-refractivity contribution is 0.0746. The van der Waals surface area contributed by atoms with Crippen molar-refractivity contribution in [3.05, 3.63) is 88.6 Å². The van der Waals surface area contributed by atoms with Crippen LogP contribution in [-0.2, 0) is 6.42 Å². The number of amides is 1. The lowest BCUT2D eigenvalue weighted by Gasteiger charge is -2.36. The lowest BCUT2D eigenvalue weighted by atomic mass is 10.0. The highest BCUT2D eigenvalue weighted by atomic mass is 19.1. The Labute approximate surface area is 176 Å². The summed E-state index contributed by atoms with van der Waals surface area (Å²) in [6.07, 6.45) is 0.769. The van der Waals surface area contributed by atoms with E-state index in [1.807, 2.05) is 32.0 Å². The maximum atomic E-state index is 13.5. The molecule has 1 aliphatic heterocycles. The van der Waals surface area contributed by atoms with Gasteiger partial charge in [-0.05, 0) is 37.6 Å². The predicted octanol–water partition coefficient (Wildman–Crippen LogP) is 3.79. The van der Waals surface area contributed by atoms with E-state index >= 15 is 0 Å². The summed E-state index contributed by atoms with van der Waals surface area (Å²) in [4.78, 5) is 26.1. The Morgan fingerprint density at radius 3 is 2.40 bits per heavy atom. The van der Waals surface area contributed by atoms with E-state index in [0.29, 0.717) is 31.7 Å². The molecule has 154 valence electrons. The van der Waals surface area contributed by atoms with Gasteiger partial charge in [-0.25, -0.2) is 14.4 Å². The van der Waals surface area contributed by atoms with E-state index in [1.165, 1.54) is 17.7 Å². The van der Waals surface area contributed by atoms with Gasteiger partial charge < -0.3 is 9.80 Å². The maximum absolute atomic E-state index is 13.5. The maximum Gasteiger partial charge on any atom is 0.254 e. The zero-order valence-corrected chi connectivity index (χ0v) is 17.3. The van der Waals surface area contributed by atoms with Gasteiger partial charge in [0.15, 0.2) is 0 Å². The number of carbonyl (C=O) groups is 1. The molecule has 0 aliphatic carbocycles. The van der Waals surface area contributed by atoms with Gasteiger partial charge in [0.2, 0.25) is 0 Å². The first kappa shape index (κ1) is 20.0. The number of rotatable bonds is 4. The smallest absolute Gasteiger partial charge is 0.254 e. The highest BCUT2D eigenvalue weighted by molar-refractivity contribution is 5.94. The number of halogens is 1. The van der Waals surface area contributed by atoms with Gasteiger partial charge in [0.05, 0.1) is 0 Å². The number of aromatic nitrogens is 2. The number of piperazine rings is 1. The van der Waals surface area contributed by atoms with Crippen molar-refractivity contribution in [2.24, 2.45) is 0 Å². The fraction of sp³-hybridized carbons (Fsp3) is 0.292. The fourth-order valence-corrected chi connectivity index (χ4v) is 3.91. The molecule has 0 N–H and O–H groups in total. The molecule has 0 spiro atoms. The summed E-state index contributed by atoms with van der Waals surface area (Å²) in [5.41, 5.74) is 3.72. The zero-order valence-electron chi connectivity index (χ0n) is 17.3. The zero-order chi connectivity index (χ0) is 21.1. The Morgan fingerprint density at radius 2 is 1.70 bits per heavy atom. The van der Waals surface area contributed by atoms with Crippen LogP contribution in [0.2, 0.25) is 0 Å². The summed E-state index contributed by atoms with van der Waals surface area (Å²) < 4.78 is 13.5. The Balaban J connectivity index is 1.52. The van der Waals surface area contributed by atoms with Crippen LogP contribution in [0, 0.1) is 19.7 Å². The van der Waals surface area contributed by atoms with Crippen LogP contribution in [0.3, 0.4) is 0 Å². The van der Waals surface area contributed by atoms with E-state index < -0.39 is 5.82 Å². The van der Waals surface area contributed by atoms with Gasteiger partial charge >= 0.3 is 0 Å². The molecule has 6 heteroatoms. The highest BCUT2D eigenvalue weighted by Gasteiger charge is 2.25. The van der Waals surface area contributed by atoms with E-state index in [2.05, 4.69) is 22.0 Å². The molecule has 2 aromatic carbocycles. The van der Waals surface area contributed by atoms with Crippen molar-refractivity contribution in [3.8, 4) is 0 Å². The van der Waals surface area contributed by atoms with Crippen LogP contribution in [0.1, 0.15) is 33.0 Å². The lowest BCUT2D eigenvalue weighted by Crippen LogP contribution is -2.49. The average molecular weight is 404 g/mol. The van der Waals surface area contributed by atoms with Crippen molar-refractivity contribution >= 4 is 11.7 Å². The molecule has 3 aromatic rings. The molecule has 0 atom stereocenters. The summed E-state index contributed by atoms with van der Waals surface area (Å²) in [5, 5.41) is 0. The Bertz CT molecular complexity index is 1050. The summed E-state index contributed by atoms with van der Waals surface area (Å²) in [7, 11) is 0. The molecule has 0 bridgehead atoms. The minimum Gasteiger partial charge on any atom is -0.353 e. The molecule has 0 saturated carbocycles. The second-order valence-corrected chi connectivity index (χ2v) is 7.61. The van der Waals surface area contributed by atoms with Crippen molar-refractivity contribution in [1.29, 1.82) is 0 Å². The number of hydrogen-bond acceptors (Lipinski definition) is 4. The number of nitrogens with zero attached hydrogens (tertiary/aromatic N) is 4. The summed E-state index contributed by atoms with van der Waals surface area (Å²) in [6.45, 7) is 6.44. The predicted molar refractivity (Wildman–Crippen MR) is 115 cm³/mol. The van der Waals surface area contributed by atoms with E-state index in [1.54, 1.807) is 17.0 Å². The molecular formula is C24H25FN4O. The number of hydrogen-bond donors (Lipinski definition) is 0. The van der Waals surface area contributed by atoms with Gasteiger partial charge in [-0.15, -0.1) is 0 Å². The summed E-state index contributed by atoms with van der Waals surface area (Å²) in [6, 6.07) is 16.2. The fourth-order valence-electron chi connectivity index (χ4n) is 3.91. The third kappa shape index (κ3) is 4.32. The SMILES string of the molecule is Cc1nc(C)c(Cc2ccccc2)c(N2CCN(C(=O)c3cccc(F)c3)CC2)n1. The number of anilines is 1. The van der Waals surface area contributed by atoms with E-state index in [9.17, 15) is 9.18 Å². The van der Waals surface area contributed by atoms with Crippen LogP contribution in [0.5, 0.6) is 0 Å². The van der Waals surface area contributed by atoms with Crippen LogP contribution in [0.4, 0.5) is 10.2 Å². The molecule has 4 rings (SSSR count). The minimum absolute atomic E-state index is 0.131. The van der Waals surface area contributed by atoms with Gasteiger partial charge in [-0.3, -0.25) is 4.79 Å². The molecule has 0 unspecified atom stereocenters. The average Bonchev–Trinajstić information content (AvgIpc) is 2.76. The largest absolute Gasteiger partial charge is 0.353 e. The second-order valence-electron chi connectivity index (χ2n) is 7.61. The first-order chi connectivity index (χ1) is 14.5. The Kier molecular flexibility index (Phi) is 5.74. The van der Waals surface area contributed by atoms with Crippen LogP contribution < -0.4 is 4.90 Å². The minimum atomic E-state index is -0.392. The van der Waals surface area contributed by atoms with Gasteiger partial charge in [-0.1, -0.05) is 36.4 Å². The van der Waals surface area contributed by atoms with Crippen molar-refractivity contribution in [2.75, 3.05) is 31.1 Å². The van der Waals surface area contributed by atoms with Gasteiger partial charge in [0.1, 0.15) is 17.5 Å². The van der Waals surface area contributed by atoms with Gasteiger partial charge in [0.25, 0.3) is 5.91 Å². The highest BCUT2D eigenvalue weighted by Crippen LogP contribution is 2.25. The van der Waals surface area contributed by atoms with Crippen LogP contribution in [0.25, 0.3) is 0 Å². The van der Waals surface area contributed by atoms with Crippen molar-refractivity contribution in [1.82, 2.24) is 14.9 Å². The normalized spacial score (nSPS) is 14.1. The number of carbonyl (C=O) groups excluding carboxylic acids is 1.